The molecule has 1 heterocycles. The van der Waals surface area contributed by atoms with Gasteiger partial charge in [-0.25, -0.2) is 0 Å². The number of ether oxygens (including phenoxy) is 1. The monoisotopic (exact) mass is 339 g/mol. The number of carbonyl (C=O) groups is 1. The molecular weight excluding hydrogens is 322 g/mol. The highest BCUT2D eigenvalue weighted by Crippen LogP contribution is 2.24. The van der Waals surface area contributed by atoms with Crippen molar-refractivity contribution in [1.29, 1.82) is 0 Å². The van der Waals surface area contributed by atoms with Gasteiger partial charge in [-0.2, -0.15) is 5.10 Å². The van der Waals surface area contributed by atoms with Gasteiger partial charge in [0.1, 0.15) is 5.75 Å². The average Bonchev–Trinajstić information content (AvgIpc) is 2.96. The highest BCUT2D eigenvalue weighted by Gasteiger charge is 2.30. The topological polar surface area (TPSA) is 63.1 Å². The Morgan fingerprint density at radius 2 is 1.92 bits per heavy atom. The van der Waals surface area contributed by atoms with E-state index in [0.717, 1.165) is 16.9 Å². The zero-order chi connectivity index (χ0) is 16.8. The van der Waals surface area contributed by atoms with Gasteiger partial charge in [-0.05, 0) is 29.7 Å². The first-order valence-corrected chi connectivity index (χ1v) is 8.39. The summed E-state index contributed by atoms with van der Waals surface area (Å²) in [5.41, 5.74) is 2.04. The minimum Gasteiger partial charge on any atom is -0.497 e. The number of hydrogen-bond acceptors (Lipinski definition) is 5. The fourth-order valence-electron chi connectivity index (χ4n) is 2.25. The third-order valence-corrected chi connectivity index (χ3v) is 4.58. The van der Waals surface area contributed by atoms with Gasteiger partial charge in [-0.3, -0.25) is 4.79 Å². The standard InChI is InChI=1S/C18H17N3O2S/c1-23-15-9-7-13(8-10-15)11-16-17(22)20-18(24-16)21-19-12-14-5-3-2-4-6-14/h2-10,12,16H,11H2,1H3,(H,20,21,22). The summed E-state index contributed by atoms with van der Waals surface area (Å²) < 4.78 is 5.14. The van der Waals surface area contributed by atoms with Crippen LogP contribution in [0.1, 0.15) is 11.1 Å². The molecule has 1 N–H and O–H groups in total. The molecule has 2 aromatic carbocycles. The van der Waals surface area contributed by atoms with Crippen LogP contribution in [0.4, 0.5) is 0 Å². The van der Waals surface area contributed by atoms with Crippen molar-refractivity contribution in [2.24, 2.45) is 10.2 Å². The van der Waals surface area contributed by atoms with Crippen molar-refractivity contribution in [2.45, 2.75) is 11.7 Å². The van der Waals surface area contributed by atoms with Crippen LogP contribution in [0.5, 0.6) is 5.75 Å². The van der Waals surface area contributed by atoms with E-state index < -0.39 is 0 Å². The zero-order valence-corrected chi connectivity index (χ0v) is 14.0. The van der Waals surface area contributed by atoms with E-state index in [9.17, 15) is 4.79 Å². The normalized spacial score (nSPS) is 19.0. The molecule has 6 heteroatoms. The van der Waals surface area contributed by atoms with Gasteiger partial charge in [0.2, 0.25) is 5.91 Å². The molecule has 1 aliphatic heterocycles. The Morgan fingerprint density at radius 3 is 2.62 bits per heavy atom. The molecule has 0 radical (unpaired) electrons. The molecule has 1 amide bonds. The van der Waals surface area contributed by atoms with E-state index in [1.54, 1.807) is 13.3 Å². The first-order chi connectivity index (χ1) is 11.7. The van der Waals surface area contributed by atoms with Crippen molar-refractivity contribution in [1.82, 2.24) is 5.32 Å². The second-order valence-electron chi connectivity index (χ2n) is 5.21. The van der Waals surface area contributed by atoms with Crippen LogP contribution in [0.3, 0.4) is 0 Å². The summed E-state index contributed by atoms with van der Waals surface area (Å²) in [5, 5.41) is 11.2. The number of nitrogens with zero attached hydrogens (tertiary/aromatic N) is 2. The number of benzene rings is 2. The van der Waals surface area contributed by atoms with Crippen LogP contribution in [0.2, 0.25) is 0 Å². The first kappa shape index (κ1) is 16.3. The number of amides is 1. The van der Waals surface area contributed by atoms with Crippen molar-refractivity contribution in [3.05, 3.63) is 65.7 Å². The smallest absolute Gasteiger partial charge is 0.239 e. The van der Waals surface area contributed by atoms with Gasteiger partial charge in [-0.1, -0.05) is 54.2 Å². The molecule has 3 rings (SSSR count). The lowest BCUT2D eigenvalue weighted by molar-refractivity contribution is -0.118. The highest BCUT2D eigenvalue weighted by atomic mass is 32.2. The van der Waals surface area contributed by atoms with Crippen molar-refractivity contribution < 1.29 is 9.53 Å². The predicted octanol–water partition coefficient (Wildman–Crippen LogP) is 2.86. The third kappa shape index (κ3) is 4.23. The van der Waals surface area contributed by atoms with Crippen molar-refractivity contribution >= 4 is 29.1 Å². The van der Waals surface area contributed by atoms with Crippen LogP contribution in [0.15, 0.2) is 64.8 Å². The maximum absolute atomic E-state index is 12.1. The molecule has 0 aromatic heterocycles. The van der Waals surface area contributed by atoms with E-state index in [-0.39, 0.29) is 11.2 Å². The third-order valence-electron chi connectivity index (χ3n) is 3.51. The SMILES string of the molecule is COc1ccc(CC2SC(=NN=Cc3ccccc3)NC2=O)cc1. The lowest BCUT2D eigenvalue weighted by Gasteiger charge is -2.06. The number of hydrogen-bond donors (Lipinski definition) is 1. The number of carbonyl (C=O) groups excluding carboxylic acids is 1. The molecule has 1 unspecified atom stereocenters. The summed E-state index contributed by atoms with van der Waals surface area (Å²) in [5.74, 6) is 0.768. The number of thioether (sulfide) groups is 1. The molecule has 1 fully saturated rings. The first-order valence-electron chi connectivity index (χ1n) is 7.51. The summed E-state index contributed by atoms with van der Waals surface area (Å²) in [4.78, 5) is 12.1. The molecular formula is C18H17N3O2S. The van der Waals surface area contributed by atoms with Crippen LogP contribution in [-0.2, 0) is 11.2 Å². The molecule has 2 aromatic rings. The number of nitrogens with one attached hydrogen (secondary N) is 1. The number of rotatable bonds is 5. The fraction of sp³-hybridized carbons (Fsp3) is 0.167. The highest BCUT2D eigenvalue weighted by molar-refractivity contribution is 8.15. The Labute approximate surface area is 144 Å². The Hall–Kier alpha value is -2.60. The maximum atomic E-state index is 12.1. The molecule has 1 saturated heterocycles. The predicted molar refractivity (Wildman–Crippen MR) is 97.7 cm³/mol. The van der Waals surface area contributed by atoms with Crippen LogP contribution >= 0.6 is 11.8 Å². The van der Waals surface area contributed by atoms with Gasteiger partial charge in [0.25, 0.3) is 0 Å². The molecule has 0 spiro atoms. The summed E-state index contributed by atoms with van der Waals surface area (Å²) >= 11 is 1.40. The van der Waals surface area contributed by atoms with Gasteiger partial charge in [-0.15, -0.1) is 5.10 Å². The van der Waals surface area contributed by atoms with Crippen LogP contribution in [0, 0.1) is 0 Å². The minimum absolute atomic E-state index is 0.0375. The lowest BCUT2D eigenvalue weighted by atomic mass is 10.1. The molecule has 1 atom stereocenters. The van der Waals surface area contributed by atoms with E-state index in [2.05, 4.69) is 15.5 Å². The Kier molecular flexibility index (Phi) is 5.28. The van der Waals surface area contributed by atoms with Crippen LogP contribution < -0.4 is 10.1 Å². The largest absolute Gasteiger partial charge is 0.497 e. The van der Waals surface area contributed by atoms with E-state index in [4.69, 9.17) is 4.74 Å². The second-order valence-corrected chi connectivity index (χ2v) is 6.40. The number of amidine groups is 1. The molecule has 122 valence electrons. The Bertz CT molecular complexity index is 758. The van der Waals surface area contributed by atoms with Crippen molar-refractivity contribution in [2.75, 3.05) is 7.11 Å². The minimum atomic E-state index is -0.191. The maximum Gasteiger partial charge on any atom is 0.239 e. The fourth-order valence-corrected chi connectivity index (χ4v) is 3.21. The lowest BCUT2D eigenvalue weighted by Crippen LogP contribution is -2.25. The molecule has 0 aliphatic carbocycles. The Morgan fingerprint density at radius 1 is 1.17 bits per heavy atom. The Balaban J connectivity index is 1.60. The summed E-state index contributed by atoms with van der Waals surface area (Å²) in [6.07, 6.45) is 2.30. The van der Waals surface area contributed by atoms with Gasteiger partial charge in [0, 0.05) is 0 Å². The number of methoxy groups -OCH3 is 1. The molecule has 1 aliphatic rings. The van der Waals surface area contributed by atoms with Crippen LogP contribution in [-0.4, -0.2) is 29.6 Å². The summed E-state index contributed by atoms with van der Waals surface area (Å²) in [6, 6.07) is 17.4. The van der Waals surface area contributed by atoms with Gasteiger partial charge >= 0.3 is 0 Å². The molecule has 5 nitrogen and oxygen atoms in total. The molecule has 0 bridgehead atoms. The van der Waals surface area contributed by atoms with Gasteiger partial charge < -0.3 is 10.1 Å². The van der Waals surface area contributed by atoms with E-state index >= 15 is 0 Å². The average molecular weight is 339 g/mol. The van der Waals surface area contributed by atoms with Crippen molar-refractivity contribution in [3.63, 3.8) is 0 Å². The molecule has 24 heavy (non-hydrogen) atoms. The zero-order valence-electron chi connectivity index (χ0n) is 13.2. The van der Waals surface area contributed by atoms with E-state index in [1.165, 1.54) is 11.8 Å². The van der Waals surface area contributed by atoms with Crippen LogP contribution in [0.25, 0.3) is 0 Å². The van der Waals surface area contributed by atoms with Crippen molar-refractivity contribution in [3.8, 4) is 5.75 Å². The second kappa shape index (κ2) is 7.79. The van der Waals surface area contributed by atoms with Gasteiger partial charge in [0.15, 0.2) is 5.17 Å². The van der Waals surface area contributed by atoms with Gasteiger partial charge in [0.05, 0.1) is 18.6 Å². The quantitative estimate of drug-likeness (QED) is 0.673. The van der Waals surface area contributed by atoms with E-state index in [0.29, 0.717) is 11.6 Å². The van der Waals surface area contributed by atoms with E-state index in [1.807, 2.05) is 54.6 Å². The summed E-state index contributed by atoms with van der Waals surface area (Å²) in [7, 11) is 1.63. The summed E-state index contributed by atoms with van der Waals surface area (Å²) in [6.45, 7) is 0. The molecule has 0 saturated carbocycles.